The molecule has 1 N–H and O–H groups in total. The molecule has 0 saturated heterocycles. The van der Waals surface area contributed by atoms with E-state index in [4.69, 9.17) is 4.74 Å². The zero-order valence-corrected chi connectivity index (χ0v) is 23.0. The molecule has 0 aliphatic heterocycles. The number of nitrogens with one attached hydrogen (secondary N) is 1. The first kappa shape index (κ1) is 28.4. The van der Waals surface area contributed by atoms with Gasteiger partial charge in [-0.05, 0) is 58.1 Å². The standard InChI is InChI=1S/C30H34BrFN2O3/c1-3-5-17-33-30(36)27(19-23-11-7-6-8-12-23)34(20-24-13-9-10-14-26(24)32)29(35)21-37-28-16-15-22(4-2)18-25(28)31/h6-16,18,27H,3-5,17,19-21H2,1-2H3,(H,33,36)/t27-/m1/s1. The van der Waals surface area contributed by atoms with E-state index in [-0.39, 0.29) is 19.1 Å². The molecule has 0 fully saturated rings. The number of hydrogen-bond donors (Lipinski definition) is 1. The Labute approximate surface area is 227 Å². The van der Waals surface area contributed by atoms with Crippen LogP contribution in [0.3, 0.4) is 0 Å². The maximum atomic E-state index is 14.7. The zero-order chi connectivity index (χ0) is 26.6. The highest BCUT2D eigenvalue weighted by Gasteiger charge is 2.31. The van der Waals surface area contributed by atoms with E-state index < -0.39 is 17.8 Å². The summed E-state index contributed by atoms with van der Waals surface area (Å²) in [4.78, 5) is 28.4. The molecule has 2 amide bonds. The number of ether oxygens (including phenoxy) is 1. The number of rotatable bonds is 13. The minimum atomic E-state index is -0.833. The first-order chi connectivity index (χ1) is 17.9. The van der Waals surface area contributed by atoms with Gasteiger partial charge < -0.3 is 15.0 Å². The van der Waals surface area contributed by atoms with Gasteiger partial charge in [-0.2, -0.15) is 0 Å². The minimum absolute atomic E-state index is 0.0521. The molecular weight excluding hydrogens is 535 g/mol. The van der Waals surface area contributed by atoms with E-state index in [0.29, 0.717) is 24.3 Å². The highest BCUT2D eigenvalue weighted by Crippen LogP contribution is 2.26. The van der Waals surface area contributed by atoms with E-state index in [2.05, 4.69) is 28.2 Å². The molecule has 3 aromatic rings. The summed E-state index contributed by atoms with van der Waals surface area (Å²) < 4.78 is 21.3. The Balaban J connectivity index is 1.90. The molecule has 5 nitrogen and oxygen atoms in total. The maximum absolute atomic E-state index is 14.7. The number of nitrogens with zero attached hydrogens (tertiary/aromatic N) is 1. The summed E-state index contributed by atoms with van der Waals surface area (Å²) in [6.45, 7) is 4.28. The fourth-order valence-corrected chi connectivity index (χ4v) is 4.51. The zero-order valence-electron chi connectivity index (χ0n) is 21.4. The Morgan fingerprint density at radius 3 is 2.41 bits per heavy atom. The molecular formula is C30H34BrFN2O3. The summed E-state index contributed by atoms with van der Waals surface area (Å²) in [6.07, 6.45) is 2.94. The van der Waals surface area contributed by atoms with Crippen LogP contribution in [-0.4, -0.2) is 35.9 Å². The van der Waals surface area contributed by atoms with Crippen molar-refractivity contribution in [2.24, 2.45) is 0 Å². The van der Waals surface area contributed by atoms with Gasteiger partial charge in [-0.1, -0.05) is 74.9 Å². The lowest BCUT2D eigenvalue weighted by molar-refractivity contribution is -0.142. The molecule has 37 heavy (non-hydrogen) atoms. The summed E-state index contributed by atoms with van der Waals surface area (Å²) in [7, 11) is 0. The van der Waals surface area contributed by atoms with E-state index in [1.54, 1.807) is 18.2 Å². The number of aryl methyl sites for hydroxylation is 1. The van der Waals surface area contributed by atoms with Crippen LogP contribution in [0.5, 0.6) is 5.75 Å². The summed E-state index contributed by atoms with van der Waals surface area (Å²) in [5, 5.41) is 2.96. The molecule has 0 aliphatic rings. The second-order valence-corrected chi connectivity index (χ2v) is 9.72. The Morgan fingerprint density at radius 1 is 1.00 bits per heavy atom. The van der Waals surface area contributed by atoms with Crippen LogP contribution in [-0.2, 0) is 29.0 Å². The molecule has 1 atom stereocenters. The fraction of sp³-hybridized carbons (Fsp3) is 0.333. The normalized spacial score (nSPS) is 11.6. The van der Waals surface area contributed by atoms with E-state index in [1.165, 1.54) is 11.0 Å². The highest BCUT2D eigenvalue weighted by atomic mass is 79.9. The van der Waals surface area contributed by atoms with Crippen molar-refractivity contribution in [3.8, 4) is 5.75 Å². The number of halogens is 2. The van der Waals surface area contributed by atoms with Crippen molar-refractivity contribution < 1.29 is 18.7 Å². The molecule has 0 radical (unpaired) electrons. The van der Waals surface area contributed by atoms with Crippen LogP contribution >= 0.6 is 15.9 Å². The second-order valence-electron chi connectivity index (χ2n) is 8.87. The average molecular weight is 570 g/mol. The number of carbonyl (C=O) groups excluding carboxylic acids is 2. The lowest BCUT2D eigenvalue weighted by Gasteiger charge is -2.31. The van der Waals surface area contributed by atoms with Gasteiger partial charge in [-0.25, -0.2) is 4.39 Å². The number of unbranched alkanes of at least 4 members (excludes halogenated alkanes) is 1. The SMILES string of the molecule is CCCCNC(=O)[C@@H](Cc1ccccc1)N(Cc1ccccc1F)C(=O)COc1ccc(CC)cc1Br. The van der Waals surface area contributed by atoms with Gasteiger partial charge in [0, 0.05) is 25.1 Å². The first-order valence-electron chi connectivity index (χ1n) is 12.7. The monoisotopic (exact) mass is 568 g/mol. The minimum Gasteiger partial charge on any atom is -0.483 e. The summed E-state index contributed by atoms with van der Waals surface area (Å²) in [5.74, 6) is -0.566. The fourth-order valence-electron chi connectivity index (χ4n) is 3.97. The van der Waals surface area contributed by atoms with Crippen LogP contribution in [0, 0.1) is 5.82 Å². The summed E-state index contributed by atoms with van der Waals surface area (Å²) >= 11 is 3.51. The van der Waals surface area contributed by atoms with Crippen LogP contribution < -0.4 is 10.1 Å². The third kappa shape index (κ3) is 8.42. The van der Waals surface area contributed by atoms with Gasteiger partial charge >= 0.3 is 0 Å². The second kappa shape index (κ2) is 14.5. The van der Waals surface area contributed by atoms with Crippen LogP contribution in [0.2, 0.25) is 0 Å². The molecule has 196 valence electrons. The number of hydrogen-bond acceptors (Lipinski definition) is 3. The van der Waals surface area contributed by atoms with E-state index >= 15 is 0 Å². The first-order valence-corrected chi connectivity index (χ1v) is 13.5. The van der Waals surface area contributed by atoms with Gasteiger partial charge in [0.25, 0.3) is 5.91 Å². The van der Waals surface area contributed by atoms with Crippen LogP contribution in [0.4, 0.5) is 4.39 Å². The lowest BCUT2D eigenvalue weighted by atomic mass is 10.0. The number of benzene rings is 3. The van der Waals surface area contributed by atoms with E-state index in [0.717, 1.165) is 34.9 Å². The third-order valence-electron chi connectivity index (χ3n) is 6.15. The van der Waals surface area contributed by atoms with Crippen molar-refractivity contribution in [1.82, 2.24) is 10.2 Å². The Morgan fingerprint density at radius 2 is 1.73 bits per heavy atom. The van der Waals surface area contributed by atoms with Gasteiger partial charge in [-0.15, -0.1) is 0 Å². The highest BCUT2D eigenvalue weighted by molar-refractivity contribution is 9.10. The lowest BCUT2D eigenvalue weighted by Crippen LogP contribution is -2.52. The molecule has 0 unspecified atom stereocenters. The van der Waals surface area contributed by atoms with Gasteiger partial charge in [0.1, 0.15) is 17.6 Å². The smallest absolute Gasteiger partial charge is 0.261 e. The van der Waals surface area contributed by atoms with Gasteiger partial charge in [0.05, 0.1) is 4.47 Å². The predicted molar refractivity (Wildman–Crippen MR) is 148 cm³/mol. The third-order valence-corrected chi connectivity index (χ3v) is 6.77. The Kier molecular flexibility index (Phi) is 11.1. The van der Waals surface area contributed by atoms with Gasteiger partial charge in [0.15, 0.2) is 6.61 Å². The average Bonchev–Trinajstić information content (AvgIpc) is 2.91. The van der Waals surface area contributed by atoms with Crippen molar-refractivity contribution >= 4 is 27.7 Å². The van der Waals surface area contributed by atoms with Crippen molar-refractivity contribution in [1.29, 1.82) is 0 Å². The van der Waals surface area contributed by atoms with Crippen molar-refractivity contribution in [2.45, 2.75) is 52.1 Å². The molecule has 0 heterocycles. The number of amides is 2. The molecule has 7 heteroatoms. The van der Waals surface area contributed by atoms with Crippen molar-refractivity contribution in [3.05, 3.63) is 99.8 Å². The van der Waals surface area contributed by atoms with Gasteiger partial charge in [0.2, 0.25) is 5.91 Å². The number of carbonyl (C=O) groups is 2. The van der Waals surface area contributed by atoms with E-state index in [1.807, 2.05) is 55.5 Å². The van der Waals surface area contributed by atoms with E-state index in [9.17, 15) is 14.0 Å². The summed E-state index contributed by atoms with van der Waals surface area (Å²) in [5.41, 5.74) is 2.38. The molecule has 3 rings (SSSR count). The quantitative estimate of drug-likeness (QED) is 0.254. The van der Waals surface area contributed by atoms with Gasteiger partial charge in [-0.3, -0.25) is 9.59 Å². The molecule has 0 aromatic heterocycles. The Bertz CT molecular complexity index is 1170. The molecule has 3 aromatic carbocycles. The van der Waals surface area contributed by atoms with Crippen LogP contribution in [0.1, 0.15) is 43.4 Å². The Hall–Kier alpha value is -3.19. The largest absolute Gasteiger partial charge is 0.483 e. The topological polar surface area (TPSA) is 58.6 Å². The van der Waals surface area contributed by atoms with Crippen molar-refractivity contribution in [2.75, 3.05) is 13.2 Å². The summed E-state index contributed by atoms with van der Waals surface area (Å²) in [6, 6.07) is 20.7. The molecule has 0 aliphatic carbocycles. The predicted octanol–water partition coefficient (Wildman–Crippen LogP) is 6.09. The molecule has 0 bridgehead atoms. The van der Waals surface area contributed by atoms with Crippen molar-refractivity contribution in [3.63, 3.8) is 0 Å². The molecule has 0 saturated carbocycles. The van der Waals surface area contributed by atoms with Crippen LogP contribution in [0.25, 0.3) is 0 Å². The maximum Gasteiger partial charge on any atom is 0.261 e. The van der Waals surface area contributed by atoms with Crippen LogP contribution in [0.15, 0.2) is 77.3 Å². The molecule has 0 spiro atoms.